The van der Waals surface area contributed by atoms with Crippen molar-refractivity contribution in [2.75, 3.05) is 26.8 Å². The van der Waals surface area contributed by atoms with Crippen LogP contribution < -0.4 is 10.6 Å². The van der Waals surface area contributed by atoms with Crippen LogP contribution in [0.5, 0.6) is 0 Å². The number of benzene rings is 1. The predicted molar refractivity (Wildman–Crippen MR) is 92.7 cm³/mol. The second-order valence-corrected chi connectivity index (χ2v) is 5.57. The van der Waals surface area contributed by atoms with Crippen molar-refractivity contribution in [3.63, 3.8) is 0 Å². The Labute approximate surface area is 144 Å². The molecule has 23 heavy (non-hydrogen) atoms. The molecule has 2 rings (SSSR count). The van der Waals surface area contributed by atoms with Gasteiger partial charge >= 0.3 is 0 Å². The van der Waals surface area contributed by atoms with E-state index in [2.05, 4.69) is 22.8 Å². The van der Waals surface area contributed by atoms with E-state index in [0.29, 0.717) is 32.2 Å². The van der Waals surface area contributed by atoms with Crippen LogP contribution in [0.2, 0.25) is 0 Å². The average Bonchev–Trinajstić information content (AvgIpc) is 2.57. The molecule has 6 heteroatoms. The van der Waals surface area contributed by atoms with Gasteiger partial charge in [0, 0.05) is 32.7 Å². The molecule has 0 saturated carbocycles. The maximum absolute atomic E-state index is 11.6. The second kappa shape index (κ2) is 11.4. The van der Waals surface area contributed by atoms with E-state index in [4.69, 9.17) is 9.47 Å². The van der Waals surface area contributed by atoms with E-state index in [-0.39, 0.29) is 18.3 Å². The van der Waals surface area contributed by atoms with Crippen LogP contribution >= 0.6 is 12.4 Å². The van der Waals surface area contributed by atoms with E-state index in [1.54, 1.807) is 0 Å². The quantitative estimate of drug-likeness (QED) is 0.759. The van der Waals surface area contributed by atoms with Crippen molar-refractivity contribution in [1.82, 2.24) is 10.6 Å². The van der Waals surface area contributed by atoms with Crippen LogP contribution in [0.4, 0.5) is 0 Å². The van der Waals surface area contributed by atoms with Gasteiger partial charge in [0.2, 0.25) is 5.91 Å². The largest absolute Gasteiger partial charge is 0.381 e. The fourth-order valence-electron chi connectivity index (χ4n) is 2.41. The molecule has 0 unspecified atom stereocenters. The number of hydrogen-bond donors (Lipinski definition) is 2. The highest BCUT2D eigenvalue weighted by Crippen LogP contribution is 2.14. The van der Waals surface area contributed by atoms with E-state index < -0.39 is 0 Å². The van der Waals surface area contributed by atoms with Crippen molar-refractivity contribution in [3.8, 4) is 0 Å². The average molecular weight is 343 g/mol. The zero-order chi connectivity index (χ0) is 15.6. The maximum atomic E-state index is 11.6. The molecular weight excluding hydrogens is 316 g/mol. The lowest BCUT2D eigenvalue weighted by molar-refractivity contribution is -0.121. The van der Waals surface area contributed by atoms with Crippen LogP contribution in [0.25, 0.3) is 0 Å². The first kappa shape index (κ1) is 19.9. The number of carbonyl (C=O) groups excluding carboxylic acids is 1. The lowest BCUT2D eigenvalue weighted by Gasteiger charge is -2.22. The summed E-state index contributed by atoms with van der Waals surface area (Å²) >= 11 is 0. The minimum Gasteiger partial charge on any atom is -0.381 e. The first-order valence-electron chi connectivity index (χ1n) is 7.96. The molecule has 130 valence electrons. The summed E-state index contributed by atoms with van der Waals surface area (Å²) in [6.07, 6.45) is 2.75. The molecule has 0 aliphatic carbocycles. The standard InChI is InChI=1S/C17H26N2O3.ClH/c1-18-8-5-17(20)19-12-14-3-2-4-15(11-14)13-22-16-6-9-21-10-7-16;/h2-4,11,16,18H,5-10,12-13H2,1H3,(H,19,20);1H. The molecule has 0 bridgehead atoms. The summed E-state index contributed by atoms with van der Waals surface area (Å²) in [4.78, 5) is 11.6. The predicted octanol–water partition coefficient (Wildman–Crippen LogP) is 2.03. The van der Waals surface area contributed by atoms with E-state index in [1.165, 1.54) is 0 Å². The van der Waals surface area contributed by atoms with Crippen LogP contribution in [-0.4, -0.2) is 38.8 Å². The topological polar surface area (TPSA) is 59.6 Å². The van der Waals surface area contributed by atoms with E-state index >= 15 is 0 Å². The number of amides is 1. The van der Waals surface area contributed by atoms with Crippen LogP contribution in [0, 0.1) is 0 Å². The molecule has 0 spiro atoms. The van der Waals surface area contributed by atoms with Crippen LogP contribution in [-0.2, 0) is 27.4 Å². The fraction of sp³-hybridized carbons (Fsp3) is 0.588. The zero-order valence-corrected chi connectivity index (χ0v) is 14.5. The third-order valence-corrected chi connectivity index (χ3v) is 3.74. The summed E-state index contributed by atoms with van der Waals surface area (Å²) in [6, 6.07) is 8.19. The lowest BCUT2D eigenvalue weighted by Crippen LogP contribution is -2.26. The molecule has 5 nitrogen and oxygen atoms in total. The summed E-state index contributed by atoms with van der Waals surface area (Å²) < 4.78 is 11.3. The van der Waals surface area contributed by atoms with Crippen molar-refractivity contribution in [2.45, 2.75) is 38.5 Å². The van der Waals surface area contributed by atoms with Crippen LogP contribution in [0.15, 0.2) is 24.3 Å². The van der Waals surface area contributed by atoms with Gasteiger partial charge in [-0.05, 0) is 31.0 Å². The van der Waals surface area contributed by atoms with Gasteiger partial charge in [0.25, 0.3) is 0 Å². The normalized spacial score (nSPS) is 15.0. The van der Waals surface area contributed by atoms with Crippen molar-refractivity contribution in [2.24, 2.45) is 0 Å². The van der Waals surface area contributed by atoms with Gasteiger partial charge in [-0.1, -0.05) is 24.3 Å². The summed E-state index contributed by atoms with van der Waals surface area (Å²) in [7, 11) is 1.84. The molecular formula is C17H27ClN2O3. The molecule has 0 aromatic heterocycles. The van der Waals surface area contributed by atoms with Gasteiger partial charge in [0.05, 0.1) is 12.7 Å². The third kappa shape index (κ3) is 7.79. The first-order valence-corrected chi connectivity index (χ1v) is 7.96. The maximum Gasteiger partial charge on any atom is 0.221 e. The van der Waals surface area contributed by atoms with Gasteiger partial charge in [-0.25, -0.2) is 0 Å². The van der Waals surface area contributed by atoms with Crippen molar-refractivity contribution in [3.05, 3.63) is 35.4 Å². The Hall–Kier alpha value is -1.14. The molecule has 1 aromatic rings. The Morgan fingerprint density at radius 3 is 2.78 bits per heavy atom. The van der Waals surface area contributed by atoms with Gasteiger partial charge in [0.15, 0.2) is 0 Å². The van der Waals surface area contributed by atoms with Crippen molar-refractivity contribution >= 4 is 18.3 Å². The number of rotatable bonds is 8. The van der Waals surface area contributed by atoms with Gasteiger partial charge < -0.3 is 20.1 Å². The Bertz CT molecular complexity index is 465. The van der Waals surface area contributed by atoms with Crippen LogP contribution in [0.1, 0.15) is 30.4 Å². The van der Waals surface area contributed by atoms with Gasteiger partial charge in [-0.15, -0.1) is 12.4 Å². The highest BCUT2D eigenvalue weighted by Gasteiger charge is 2.14. The summed E-state index contributed by atoms with van der Waals surface area (Å²) in [5.74, 6) is 0.0678. The molecule has 1 fully saturated rings. The highest BCUT2D eigenvalue weighted by molar-refractivity contribution is 5.85. The molecule has 0 radical (unpaired) electrons. The Kier molecular flexibility index (Phi) is 9.87. The second-order valence-electron chi connectivity index (χ2n) is 5.57. The SMILES string of the molecule is CNCCC(=O)NCc1cccc(COC2CCOCC2)c1.Cl. The molecule has 1 aliphatic rings. The van der Waals surface area contributed by atoms with Crippen LogP contribution in [0.3, 0.4) is 0 Å². The minimum absolute atomic E-state index is 0. The molecule has 1 aliphatic heterocycles. The van der Waals surface area contributed by atoms with E-state index in [0.717, 1.165) is 37.2 Å². The first-order chi connectivity index (χ1) is 10.8. The van der Waals surface area contributed by atoms with E-state index in [1.807, 2.05) is 19.2 Å². The number of hydrogen-bond acceptors (Lipinski definition) is 4. The van der Waals surface area contributed by atoms with Gasteiger partial charge in [-0.2, -0.15) is 0 Å². The molecule has 1 aromatic carbocycles. The monoisotopic (exact) mass is 342 g/mol. The third-order valence-electron chi connectivity index (χ3n) is 3.74. The summed E-state index contributed by atoms with van der Waals surface area (Å²) in [6.45, 7) is 3.47. The van der Waals surface area contributed by atoms with Gasteiger partial charge in [0.1, 0.15) is 0 Å². The highest BCUT2D eigenvalue weighted by atomic mass is 35.5. The number of nitrogens with one attached hydrogen (secondary N) is 2. The molecule has 2 N–H and O–H groups in total. The Morgan fingerprint density at radius 1 is 1.30 bits per heavy atom. The number of ether oxygens (including phenoxy) is 2. The Morgan fingerprint density at radius 2 is 2.04 bits per heavy atom. The Balaban J connectivity index is 0.00000264. The minimum atomic E-state index is 0. The molecule has 1 heterocycles. The van der Waals surface area contributed by atoms with E-state index in [9.17, 15) is 4.79 Å². The molecule has 1 saturated heterocycles. The number of carbonyl (C=O) groups is 1. The lowest BCUT2D eigenvalue weighted by atomic mass is 10.1. The molecule has 0 atom stereocenters. The number of halogens is 1. The van der Waals surface area contributed by atoms with Crippen molar-refractivity contribution < 1.29 is 14.3 Å². The summed E-state index contributed by atoms with van der Waals surface area (Å²) in [5, 5.41) is 5.90. The summed E-state index contributed by atoms with van der Waals surface area (Å²) in [5.41, 5.74) is 2.25. The van der Waals surface area contributed by atoms with Gasteiger partial charge in [-0.3, -0.25) is 4.79 Å². The molecule has 1 amide bonds. The van der Waals surface area contributed by atoms with Crippen molar-refractivity contribution in [1.29, 1.82) is 0 Å². The fourth-order valence-corrected chi connectivity index (χ4v) is 2.41. The zero-order valence-electron chi connectivity index (χ0n) is 13.7. The smallest absolute Gasteiger partial charge is 0.221 e.